The fourth-order valence-corrected chi connectivity index (χ4v) is 1.44. The lowest BCUT2D eigenvalue weighted by Gasteiger charge is -1.94. The topological polar surface area (TPSA) is 12.9 Å². The van der Waals surface area contributed by atoms with Crippen LogP contribution in [0.4, 0.5) is 0 Å². The summed E-state index contributed by atoms with van der Waals surface area (Å²) in [5, 5.41) is 0.725. The fourth-order valence-electron chi connectivity index (χ4n) is 0.396. The largest absolute Gasteiger partial charge is 0.262 e. The minimum absolute atomic E-state index is 0.725. The van der Waals surface area contributed by atoms with E-state index in [0.29, 0.717) is 0 Å². The Morgan fingerprint density at radius 1 is 1.33 bits per heavy atom. The molecular formula is C5H2ClI2N. The summed E-state index contributed by atoms with van der Waals surface area (Å²) in [6.45, 7) is 0. The molecule has 0 aliphatic heterocycles. The number of hydrogen-bond donors (Lipinski definition) is 0. The maximum atomic E-state index is 5.74. The minimum Gasteiger partial charge on any atom is -0.262 e. The molecule has 0 N–H and O–H groups in total. The summed E-state index contributed by atoms with van der Waals surface area (Å²) in [5.41, 5.74) is 0. The Balaban J connectivity index is 3.25. The van der Waals surface area contributed by atoms with Crippen molar-refractivity contribution in [1.82, 2.24) is 4.98 Å². The van der Waals surface area contributed by atoms with Crippen LogP contribution in [0.2, 0.25) is 5.02 Å². The van der Waals surface area contributed by atoms with Crippen molar-refractivity contribution in [3.8, 4) is 0 Å². The third-order valence-corrected chi connectivity index (χ3v) is 4.41. The van der Waals surface area contributed by atoms with Crippen molar-refractivity contribution in [2.45, 2.75) is 0 Å². The van der Waals surface area contributed by atoms with Crippen molar-refractivity contribution in [1.29, 1.82) is 0 Å². The number of hydrogen-bond acceptors (Lipinski definition) is 1. The third-order valence-electron chi connectivity index (χ3n) is 0.795. The molecule has 0 aromatic carbocycles. The molecule has 0 spiro atoms. The van der Waals surface area contributed by atoms with Crippen LogP contribution >= 0.6 is 56.8 Å². The van der Waals surface area contributed by atoms with E-state index in [1.807, 2.05) is 0 Å². The molecule has 1 aromatic rings. The lowest BCUT2D eigenvalue weighted by atomic mass is 10.5. The predicted molar refractivity (Wildman–Crippen MR) is 54.7 cm³/mol. The average Bonchev–Trinajstić information content (AvgIpc) is 1.83. The van der Waals surface area contributed by atoms with Crippen LogP contribution in [0.1, 0.15) is 0 Å². The molecule has 0 saturated heterocycles. The molecule has 0 aliphatic rings. The zero-order valence-corrected chi connectivity index (χ0v) is 9.31. The Kier molecular flexibility index (Phi) is 2.97. The zero-order chi connectivity index (χ0) is 6.85. The summed E-state index contributed by atoms with van der Waals surface area (Å²) in [5.74, 6) is 0. The molecule has 0 bridgehead atoms. The van der Waals surface area contributed by atoms with Gasteiger partial charge in [-0.05, 0) is 45.2 Å². The summed E-state index contributed by atoms with van der Waals surface area (Å²) >= 11 is 10.1. The van der Waals surface area contributed by atoms with Crippen LogP contribution in [0.3, 0.4) is 0 Å². The van der Waals surface area contributed by atoms with Crippen LogP contribution in [-0.4, -0.2) is 4.98 Å². The molecular weight excluding hydrogens is 363 g/mol. The van der Waals surface area contributed by atoms with Crippen molar-refractivity contribution in [2.75, 3.05) is 0 Å². The first kappa shape index (κ1) is 8.00. The smallest absolute Gasteiger partial charge is 0.0733 e. The number of halogens is 3. The Labute approximate surface area is 85.5 Å². The van der Waals surface area contributed by atoms with E-state index in [-0.39, 0.29) is 0 Å². The lowest BCUT2D eigenvalue weighted by Crippen LogP contribution is -1.81. The molecule has 1 rings (SSSR count). The maximum absolute atomic E-state index is 5.74. The van der Waals surface area contributed by atoms with E-state index in [1.165, 1.54) is 0 Å². The van der Waals surface area contributed by atoms with Crippen LogP contribution < -0.4 is 0 Å². The molecule has 1 aromatic heterocycles. The number of rotatable bonds is 0. The van der Waals surface area contributed by atoms with Crippen LogP contribution in [0, 0.1) is 7.14 Å². The molecule has 0 aliphatic carbocycles. The van der Waals surface area contributed by atoms with Gasteiger partial charge < -0.3 is 0 Å². The maximum Gasteiger partial charge on any atom is 0.0733 e. The molecule has 0 atom stereocenters. The molecule has 4 heteroatoms. The molecule has 0 amide bonds. The van der Waals surface area contributed by atoms with Gasteiger partial charge in [-0.2, -0.15) is 0 Å². The summed E-state index contributed by atoms with van der Waals surface area (Å²) in [6.07, 6.45) is 3.43. The van der Waals surface area contributed by atoms with Gasteiger partial charge in [0.25, 0.3) is 0 Å². The van der Waals surface area contributed by atoms with E-state index in [9.17, 15) is 0 Å². The van der Waals surface area contributed by atoms with Crippen molar-refractivity contribution in [2.24, 2.45) is 0 Å². The summed E-state index contributed by atoms with van der Waals surface area (Å²) in [7, 11) is 0. The number of aromatic nitrogens is 1. The lowest BCUT2D eigenvalue weighted by molar-refractivity contribution is 1.29. The van der Waals surface area contributed by atoms with Crippen LogP contribution in [0.15, 0.2) is 12.4 Å². The van der Waals surface area contributed by atoms with Crippen LogP contribution in [0.5, 0.6) is 0 Å². The van der Waals surface area contributed by atoms with E-state index < -0.39 is 0 Å². The molecule has 9 heavy (non-hydrogen) atoms. The van der Waals surface area contributed by atoms with Gasteiger partial charge in [-0.25, -0.2) is 0 Å². The number of pyridine rings is 1. The Bertz CT molecular complexity index is 206. The Morgan fingerprint density at radius 3 is 2.44 bits per heavy atom. The monoisotopic (exact) mass is 365 g/mol. The summed E-state index contributed by atoms with van der Waals surface area (Å²) in [6, 6.07) is 0. The molecule has 0 unspecified atom stereocenters. The van der Waals surface area contributed by atoms with Gasteiger partial charge in [-0.1, -0.05) is 11.6 Å². The van der Waals surface area contributed by atoms with E-state index in [4.69, 9.17) is 11.6 Å². The third kappa shape index (κ3) is 1.91. The highest BCUT2D eigenvalue weighted by Gasteiger charge is 1.98. The van der Waals surface area contributed by atoms with Gasteiger partial charge in [0.05, 0.1) is 5.02 Å². The predicted octanol–water partition coefficient (Wildman–Crippen LogP) is 2.94. The van der Waals surface area contributed by atoms with Gasteiger partial charge in [0.2, 0.25) is 0 Å². The summed E-state index contributed by atoms with van der Waals surface area (Å²) < 4.78 is 2.17. The quantitative estimate of drug-likeness (QED) is 0.645. The highest BCUT2D eigenvalue weighted by molar-refractivity contribution is 14.1. The Morgan fingerprint density at radius 2 is 2.00 bits per heavy atom. The van der Waals surface area contributed by atoms with Crippen molar-refractivity contribution < 1.29 is 0 Å². The second-order valence-corrected chi connectivity index (χ2v) is 4.07. The zero-order valence-electron chi connectivity index (χ0n) is 4.24. The second-order valence-electron chi connectivity index (χ2n) is 1.42. The van der Waals surface area contributed by atoms with E-state index in [2.05, 4.69) is 50.2 Å². The number of nitrogens with zero attached hydrogens (tertiary/aromatic N) is 1. The molecule has 1 heterocycles. The van der Waals surface area contributed by atoms with Crippen LogP contribution in [-0.2, 0) is 0 Å². The molecule has 0 saturated carbocycles. The Hall–Kier alpha value is 0.900. The van der Waals surface area contributed by atoms with E-state index in [0.717, 1.165) is 12.2 Å². The van der Waals surface area contributed by atoms with Gasteiger partial charge in [0.15, 0.2) is 0 Å². The van der Waals surface area contributed by atoms with Crippen molar-refractivity contribution >= 4 is 56.8 Å². The van der Waals surface area contributed by atoms with Gasteiger partial charge in [-0.15, -0.1) is 0 Å². The molecule has 0 radical (unpaired) electrons. The highest BCUT2D eigenvalue weighted by atomic mass is 127. The minimum atomic E-state index is 0.725. The van der Waals surface area contributed by atoms with Gasteiger partial charge in [-0.3, -0.25) is 4.98 Å². The van der Waals surface area contributed by atoms with Gasteiger partial charge >= 0.3 is 0 Å². The highest BCUT2D eigenvalue weighted by Crippen LogP contribution is 2.21. The van der Waals surface area contributed by atoms with E-state index in [1.54, 1.807) is 12.4 Å². The SMILES string of the molecule is Clc1cncc(I)c1I. The molecule has 1 nitrogen and oxygen atoms in total. The normalized spacial score (nSPS) is 9.67. The first-order valence-corrected chi connectivity index (χ1v) is 4.70. The van der Waals surface area contributed by atoms with Crippen molar-refractivity contribution in [3.63, 3.8) is 0 Å². The summed E-state index contributed by atoms with van der Waals surface area (Å²) in [4.78, 5) is 3.90. The molecule has 0 fully saturated rings. The van der Waals surface area contributed by atoms with Gasteiger partial charge in [0, 0.05) is 19.5 Å². The fraction of sp³-hybridized carbons (Fsp3) is 0. The van der Waals surface area contributed by atoms with Crippen LogP contribution in [0.25, 0.3) is 0 Å². The molecule has 48 valence electrons. The van der Waals surface area contributed by atoms with Gasteiger partial charge in [0.1, 0.15) is 0 Å². The second kappa shape index (κ2) is 3.34. The first-order chi connectivity index (χ1) is 4.22. The standard InChI is InChI=1S/C5H2ClI2N/c6-3-1-9-2-4(7)5(3)8/h1-2H. The van der Waals surface area contributed by atoms with Crippen molar-refractivity contribution in [3.05, 3.63) is 24.6 Å². The first-order valence-electron chi connectivity index (χ1n) is 2.16. The van der Waals surface area contributed by atoms with E-state index >= 15 is 0 Å². The average molecular weight is 365 g/mol.